The number of carboxylic acids is 1. The lowest BCUT2D eigenvalue weighted by Crippen LogP contribution is -2.42. The Bertz CT molecular complexity index is 3030. The lowest BCUT2D eigenvalue weighted by atomic mass is 9.81. The lowest BCUT2D eigenvalue weighted by Gasteiger charge is -2.33. The molecule has 4 heterocycles. The molecule has 4 amide bonds. The molecule has 0 aliphatic carbocycles. The summed E-state index contributed by atoms with van der Waals surface area (Å²) in [5.74, 6) is -3.15. The van der Waals surface area contributed by atoms with Crippen molar-refractivity contribution in [3.8, 4) is 0 Å². The summed E-state index contributed by atoms with van der Waals surface area (Å²) in [6.45, 7) is 18.1. The van der Waals surface area contributed by atoms with Crippen LogP contribution in [0, 0.1) is 17.8 Å². The quantitative estimate of drug-likeness (QED) is 0.0498. The highest BCUT2D eigenvalue weighted by Crippen LogP contribution is 2.32. The lowest BCUT2D eigenvalue weighted by molar-refractivity contribution is -0.147. The molecule has 19 nitrogen and oxygen atoms in total. The van der Waals surface area contributed by atoms with Crippen molar-refractivity contribution in [2.45, 2.75) is 105 Å². The van der Waals surface area contributed by atoms with Gasteiger partial charge >= 0.3 is 46.8 Å². The Morgan fingerprint density at radius 3 is 1.65 bits per heavy atom. The highest BCUT2D eigenvalue weighted by Gasteiger charge is 2.50. The molecule has 82 heavy (non-hydrogen) atoms. The Morgan fingerprint density at radius 2 is 1.20 bits per heavy atom. The van der Waals surface area contributed by atoms with Gasteiger partial charge in [-0.1, -0.05) is 98.0 Å². The molecule has 0 radical (unpaired) electrons. The number of pyridine rings is 1. The third-order valence-electron chi connectivity index (χ3n) is 11.1. The number of aliphatic carboxylic acids is 1. The molecule has 3 unspecified atom stereocenters. The van der Waals surface area contributed by atoms with Gasteiger partial charge in [0.25, 0.3) is 0 Å². The fourth-order valence-corrected chi connectivity index (χ4v) is 7.92. The number of aromatic nitrogens is 1. The fraction of sp³-hybridized carbons (Fsp3) is 0.400. The number of halogens is 6. The predicted molar refractivity (Wildman–Crippen MR) is 309 cm³/mol. The number of benzene rings is 3. The first-order chi connectivity index (χ1) is 37.9. The first-order valence-electron chi connectivity index (χ1n) is 25.3. The van der Waals surface area contributed by atoms with Crippen LogP contribution in [0.2, 0.25) is 15.1 Å². The van der Waals surface area contributed by atoms with Gasteiger partial charge in [0.15, 0.2) is 0 Å². The molecule has 0 bridgehead atoms. The van der Waals surface area contributed by atoms with Crippen LogP contribution in [0.4, 0.5) is 28.4 Å². The van der Waals surface area contributed by atoms with E-state index in [0.29, 0.717) is 28.0 Å². The van der Waals surface area contributed by atoms with E-state index in [-0.39, 0.29) is 36.2 Å². The summed E-state index contributed by atoms with van der Waals surface area (Å²) < 4.78 is 74.0. The monoisotopic (exact) mass is 1220 g/mol. The van der Waals surface area contributed by atoms with E-state index in [0.717, 1.165) is 52.6 Å². The number of carbonyl (C=O) groups excluding carboxylic acids is 4. The third kappa shape index (κ3) is 24.4. The van der Waals surface area contributed by atoms with Crippen molar-refractivity contribution in [2.75, 3.05) is 25.0 Å². The molecule has 1 aromatic heterocycles. The molecule has 0 saturated heterocycles. The van der Waals surface area contributed by atoms with Crippen LogP contribution in [-0.2, 0) is 33.4 Å². The molecule has 4 aromatic rings. The number of allylic oxidation sites excluding steroid dienone is 2. The van der Waals surface area contributed by atoms with Crippen LogP contribution in [0.5, 0.6) is 0 Å². The number of carboxylic acid groups (broad SMARTS) is 1. The average Bonchev–Trinajstić information content (AvgIpc) is 3.45. The molecule has 3 aliphatic heterocycles. The standard InChI is InChI=1S/C17H22ClNO2.C12H14ClN.C12H18F3NO5S.C8H7N3O4.C6H6BClO2/c1-12-5-10-15(13-6-8-14(18)9-7-13)19(11-12)16(20)21-17(2,3)4;1-9-2-7-12(14-8-9)10-3-5-11(13)6-4-10;1-8-5-6-9(21-22(18,19)12(13,14)15)16(7-8)10(17)20-11(2,3)4;9-6(12)4-1-5(3-10-2-4)11-7(13)8(14)15;8-6-3-1-5(2-4-6)7(9)10/h6-10,12H,5,11H2,1-4H3;3-6,9H,2,7-8H2,1H3;6,8H,5,7H2,1-4H3;1-3H,(H2,9,12)(H,11,13)(H,14,15);1-4,9-10H. The Balaban J connectivity index is 0.000000275. The van der Waals surface area contributed by atoms with E-state index in [1.165, 1.54) is 36.2 Å². The van der Waals surface area contributed by atoms with Crippen molar-refractivity contribution in [3.63, 3.8) is 0 Å². The summed E-state index contributed by atoms with van der Waals surface area (Å²) in [5, 5.41) is 29.6. The van der Waals surface area contributed by atoms with Gasteiger partial charge in [-0.3, -0.25) is 24.5 Å². The maximum absolute atomic E-state index is 12.4. The largest absolute Gasteiger partial charge is 0.534 e. The maximum atomic E-state index is 12.4. The second-order valence-corrected chi connectivity index (χ2v) is 23.8. The molecule has 7 rings (SSSR count). The van der Waals surface area contributed by atoms with E-state index < -0.39 is 63.7 Å². The number of anilines is 1. The molecule has 3 aliphatic rings. The zero-order valence-electron chi connectivity index (χ0n) is 46.5. The van der Waals surface area contributed by atoms with E-state index in [2.05, 4.69) is 46.2 Å². The minimum absolute atomic E-state index is 0.00583. The van der Waals surface area contributed by atoms with Crippen molar-refractivity contribution < 1.29 is 74.4 Å². The van der Waals surface area contributed by atoms with Gasteiger partial charge in [0, 0.05) is 46.6 Å². The van der Waals surface area contributed by atoms with Crippen molar-refractivity contribution in [1.82, 2.24) is 14.8 Å². The first kappa shape index (κ1) is 69.6. The summed E-state index contributed by atoms with van der Waals surface area (Å²) in [7, 11) is -7.25. The molecule has 0 fully saturated rings. The summed E-state index contributed by atoms with van der Waals surface area (Å²) >= 11 is 17.3. The summed E-state index contributed by atoms with van der Waals surface area (Å²) in [5.41, 5.74) is 2.98. The predicted octanol–water partition coefficient (Wildman–Crippen LogP) is 10.7. The molecular formula is C55H67BCl3F3N6O13S. The van der Waals surface area contributed by atoms with E-state index in [1.54, 1.807) is 56.9 Å². The van der Waals surface area contributed by atoms with Gasteiger partial charge in [-0.25, -0.2) is 19.3 Å². The fourth-order valence-electron chi connectivity index (χ4n) is 7.06. The van der Waals surface area contributed by atoms with E-state index >= 15 is 0 Å². The number of primary amides is 1. The van der Waals surface area contributed by atoms with Gasteiger partial charge in [-0.05, 0) is 150 Å². The minimum Gasteiger partial charge on any atom is -0.474 e. The Morgan fingerprint density at radius 1 is 0.720 bits per heavy atom. The number of aliphatic imine (C=N–C) groups is 1. The average molecular weight is 1230 g/mol. The van der Waals surface area contributed by atoms with Gasteiger partial charge in [-0.2, -0.15) is 21.6 Å². The number of hydrogen-bond acceptors (Lipinski definition) is 14. The van der Waals surface area contributed by atoms with Crippen LogP contribution < -0.4 is 16.5 Å². The zero-order valence-corrected chi connectivity index (χ0v) is 49.6. The van der Waals surface area contributed by atoms with Crippen LogP contribution in [0.15, 0.2) is 114 Å². The highest BCUT2D eigenvalue weighted by molar-refractivity contribution is 7.87. The number of hydrogen-bond donors (Lipinski definition) is 5. The normalized spacial score (nSPS) is 17.0. The number of alkyl halides is 3. The second-order valence-electron chi connectivity index (χ2n) is 20.9. The van der Waals surface area contributed by atoms with Gasteiger partial charge in [0.1, 0.15) is 11.2 Å². The van der Waals surface area contributed by atoms with Crippen molar-refractivity contribution in [3.05, 3.63) is 141 Å². The topological polar surface area (TPSA) is 278 Å². The highest BCUT2D eigenvalue weighted by atomic mass is 35.5. The van der Waals surface area contributed by atoms with Crippen LogP contribution in [0.3, 0.4) is 0 Å². The number of ether oxygens (including phenoxy) is 2. The van der Waals surface area contributed by atoms with Crippen LogP contribution in [0.25, 0.3) is 5.70 Å². The Labute approximate surface area is 490 Å². The Hall–Kier alpha value is -6.70. The Kier molecular flexibility index (Phi) is 26.4. The summed E-state index contributed by atoms with van der Waals surface area (Å²) in [4.78, 5) is 66.8. The number of nitrogens with one attached hydrogen (secondary N) is 1. The third-order valence-corrected chi connectivity index (χ3v) is 12.8. The molecule has 0 saturated carbocycles. The smallest absolute Gasteiger partial charge is 0.474 e. The van der Waals surface area contributed by atoms with Crippen molar-refractivity contribution in [1.29, 1.82) is 0 Å². The molecule has 6 N–H and O–H groups in total. The SMILES string of the molecule is CC1CC=C(OS(=O)(=O)C(F)(F)F)N(C(=O)OC(C)(C)C)C1.CC1CC=C(c2ccc(Cl)cc2)N(C(=O)OC(C)(C)C)C1.CC1CCC(c2ccc(Cl)cc2)=NC1.NC(=O)c1cncc(NC(=O)C(=O)O)c1.OB(O)c1ccc(Cl)cc1. The molecule has 27 heteroatoms. The van der Waals surface area contributed by atoms with E-state index in [4.69, 9.17) is 65.2 Å². The molecular weight excluding hydrogens is 1160 g/mol. The number of rotatable bonds is 7. The van der Waals surface area contributed by atoms with Gasteiger partial charge in [-0.15, -0.1) is 0 Å². The van der Waals surface area contributed by atoms with E-state index in [9.17, 15) is 45.6 Å². The zero-order chi connectivity index (χ0) is 61.9. The number of amides is 4. The maximum Gasteiger partial charge on any atom is 0.534 e. The van der Waals surface area contributed by atoms with E-state index in [1.807, 2.05) is 62.5 Å². The summed E-state index contributed by atoms with van der Waals surface area (Å²) in [6.07, 6.45) is 7.95. The molecule has 0 spiro atoms. The van der Waals surface area contributed by atoms with Crippen molar-refractivity contribution >= 4 is 105 Å². The second kappa shape index (κ2) is 31.1. The van der Waals surface area contributed by atoms with Gasteiger partial charge < -0.3 is 39.9 Å². The van der Waals surface area contributed by atoms with Crippen LogP contribution >= 0.6 is 34.8 Å². The number of carbonyl (C=O) groups is 5. The van der Waals surface area contributed by atoms with Gasteiger partial charge in [0.05, 0.1) is 23.1 Å². The number of nitrogens with zero attached hydrogens (tertiary/aromatic N) is 4. The number of nitrogens with two attached hydrogens (primary N) is 1. The van der Waals surface area contributed by atoms with Gasteiger partial charge in [0.2, 0.25) is 11.8 Å². The molecule has 3 aromatic carbocycles. The van der Waals surface area contributed by atoms with Crippen LogP contribution in [-0.4, -0.2) is 118 Å². The van der Waals surface area contributed by atoms with Crippen molar-refractivity contribution in [2.24, 2.45) is 28.5 Å². The first-order valence-corrected chi connectivity index (χ1v) is 27.9. The summed E-state index contributed by atoms with van der Waals surface area (Å²) in [6, 6.07) is 23.1. The minimum atomic E-state index is -5.84. The molecule has 446 valence electrons. The molecule has 3 atom stereocenters. The van der Waals surface area contributed by atoms with Crippen LogP contribution in [0.1, 0.15) is 109 Å².